The third kappa shape index (κ3) is 2.41. The summed E-state index contributed by atoms with van der Waals surface area (Å²) in [6.07, 6.45) is 0. The fourth-order valence-corrected chi connectivity index (χ4v) is 1.79. The van der Waals surface area contributed by atoms with Gasteiger partial charge < -0.3 is 0 Å². The molecule has 0 aliphatic heterocycles. The summed E-state index contributed by atoms with van der Waals surface area (Å²) in [6.45, 7) is 1.54. The highest BCUT2D eigenvalue weighted by Crippen LogP contribution is 2.19. The Bertz CT molecular complexity index is 623. The van der Waals surface area contributed by atoms with E-state index >= 15 is 0 Å². The molecule has 0 fully saturated rings. The van der Waals surface area contributed by atoms with Gasteiger partial charge >= 0.3 is 0 Å². The predicted molar refractivity (Wildman–Crippen MR) is 66.0 cm³/mol. The lowest BCUT2D eigenvalue weighted by molar-refractivity contribution is 0.103. The predicted octanol–water partition coefficient (Wildman–Crippen LogP) is 4.16. The van der Waals surface area contributed by atoms with Gasteiger partial charge in [0.05, 0.1) is 5.56 Å². The molecule has 0 saturated carbocycles. The SMILES string of the molecule is Cc1cc(C(=O)c2cc(Cl)ccc2F)ccc1F. The molecule has 4 heteroatoms. The Morgan fingerprint density at radius 2 is 1.72 bits per heavy atom. The highest BCUT2D eigenvalue weighted by Gasteiger charge is 2.15. The highest BCUT2D eigenvalue weighted by molar-refractivity contribution is 6.31. The van der Waals surface area contributed by atoms with Gasteiger partial charge in [-0.15, -0.1) is 0 Å². The van der Waals surface area contributed by atoms with Gasteiger partial charge in [0.2, 0.25) is 0 Å². The lowest BCUT2D eigenvalue weighted by Crippen LogP contribution is -2.05. The van der Waals surface area contributed by atoms with Gasteiger partial charge in [0.25, 0.3) is 0 Å². The molecule has 2 aromatic carbocycles. The average Bonchev–Trinajstić information content (AvgIpc) is 2.35. The first-order valence-electron chi connectivity index (χ1n) is 5.25. The molecule has 0 aromatic heterocycles. The largest absolute Gasteiger partial charge is 0.288 e. The summed E-state index contributed by atoms with van der Waals surface area (Å²) in [7, 11) is 0. The number of benzene rings is 2. The summed E-state index contributed by atoms with van der Waals surface area (Å²) in [6, 6.07) is 7.65. The van der Waals surface area contributed by atoms with Crippen LogP contribution in [0.3, 0.4) is 0 Å². The second kappa shape index (κ2) is 4.86. The van der Waals surface area contributed by atoms with Gasteiger partial charge in [0.1, 0.15) is 11.6 Å². The molecule has 0 heterocycles. The molecule has 0 atom stereocenters. The molecule has 0 aliphatic rings. The van der Waals surface area contributed by atoms with Crippen LogP contribution in [0.15, 0.2) is 36.4 Å². The lowest BCUT2D eigenvalue weighted by Gasteiger charge is -2.05. The van der Waals surface area contributed by atoms with Crippen molar-refractivity contribution in [1.29, 1.82) is 0 Å². The summed E-state index contributed by atoms with van der Waals surface area (Å²) < 4.78 is 26.6. The summed E-state index contributed by atoms with van der Waals surface area (Å²) in [4.78, 5) is 12.1. The Kier molecular flexibility index (Phi) is 3.43. The zero-order valence-electron chi connectivity index (χ0n) is 9.51. The van der Waals surface area contributed by atoms with Crippen LogP contribution in [-0.4, -0.2) is 5.78 Å². The van der Waals surface area contributed by atoms with Crippen LogP contribution in [0.4, 0.5) is 8.78 Å². The number of hydrogen-bond donors (Lipinski definition) is 0. The molecule has 0 saturated heterocycles. The second-order valence-corrected chi connectivity index (χ2v) is 4.35. The van der Waals surface area contributed by atoms with E-state index in [-0.39, 0.29) is 16.1 Å². The first-order valence-corrected chi connectivity index (χ1v) is 5.63. The molecule has 0 unspecified atom stereocenters. The Labute approximate surface area is 108 Å². The van der Waals surface area contributed by atoms with Crippen LogP contribution in [0.25, 0.3) is 0 Å². The second-order valence-electron chi connectivity index (χ2n) is 3.92. The summed E-state index contributed by atoms with van der Waals surface area (Å²) >= 11 is 5.73. The normalized spacial score (nSPS) is 10.4. The lowest BCUT2D eigenvalue weighted by atomic mass is 10.0. The molecule has 92 valence electrons. The van der Waals surface area contributed by atoms with E-state index in [0.29, 0.717) is 5.56 Å². The van der Waals surface area contributed by atoms with Crippen LogP contribution in [0, 0.1) is 18.6 Å². The monoisotopic (exact) mass is 266 g/mol. The molecule has 0 amide bonds. The van der Waals surface area contributed by atoms with E-state index in [0.717, 1.165) is 6.07 Å². The van der Waals surface area contributed by atoms with Crippen molar-refractivity contribution >= 4 is 17.4 Å². The molecule has 0 N–H and O–H groups in total. The topological polar surface area (TPSA) is 17.1 Å². The van der Waals surface area contributed by atoms with Gasteiger partial charge in [-0.1, -0.05) is 11.6 Å². The molecule has 1 nitrogen and oxygen atoms in total. The quantitative estimate of drug-likeness (QED) is 0.746. The molecule has 2 rings (SSSR count). The highest BCUT2D eigenvalue weighted by atomic mass is 35.5. The molecule has 0 spiro atoms. The van der Waals surface area contributed by atoms with Crippen molar-refractivity contribution in [2.45, 2.75) is 6.92 Å². The van der Waals surface area contributed by atoms with E-state index in [1.807, 2.05) is 0 Å². The maximum atomic E-state index is 13.5. The van der Waals surface area contributed by atoms with Gasteiger partial charge in [-0.2, -0.15) is 0 Å². The number of rotatable bonds is 2. The molecular formula is C14H9ClF2O. The number of hydrogen-bond acceptors (Lipinski definition) is 1. The van der Waals surface area contributed by atoms with Crippen molar-refractivity contribution < 1.29 is 13.6 Å². The summed E-state index contributed by atoms with van der Waals surface area (Å²) in [5.74, 6) is -1.57. The van der Waals surface area contributed by atoms with Crippen LogP contribution >= 0.6 is 11.6 Å². The van der Waals surface area contributed by atoms with Crippen molar-refractivity contribution in [2.24, 2.45) is 0 Å². The van der Waals surface area contributed by atoms with Gasteiger partial charge in [0, 0.05) is 10.6 Å². The van der Waals surface area contributed by atoms with Gasteiger partial charge in [0.15, 0.2) is 5.78 Å². The van der Waals surface area contributed by atoms with Crippen LogP contribution in [0.1, 0.15) is 21.5 Å². The van der Waals surface area contributed by atoms with Crippen molar-refractivity contribution in [2.75, 3.05) is 0 Å². The molecule has 2 aromatic rings. The molecular weight excluding hydrogens is 258 g/mol. The van der Waals surface area contributed by atoms with Crippen LogP contribution in [0.2, 0.25) is 5.02 Å². The molecule has 0 aliphatic carbocycles. The van der Waals surface area contributed by atoms with E-state index in [4.69, 9.17) is 11.6 Å². The minimum Gasteiger partial charge on any atom is -0.288 e. The summed E-state index contributed by atoms with van der Waals surface area (Å²) in [5.41, 5.74) is 0.451. The Morgan fingerprint density at radius 1 is 1.06 bits per heavy atom. The van der Waals surface area contributed by atoms with E-state index in [2.05, 4.69) is 0 Å². The van der Waals surface area contributed by atoms with Crippen molar-refractivity contribution in [3.8, 4) is 0 Å². The number of aryl methyl sites for hydroxylation is 1. The van der Waals surface area contributed by atoms with E-state index in [1.54, 1.807) is 6.92 Å². The minimum absolute atomic E-state index is 0.117. The zero-order valence-corrected chi connectivity index (χ0v) is 10.3. The fraction of sp³-hybridized carbons (Fsp3) is 0.0714. The molecule has 18 heavy (non-hydrogen) atoms. The van der Waals surface area contributed by atoms with E-state index in [1.165, 1.54) is 30.3 Å². The Morgan fingerprint density at radius 3 is 2.39 bits per heavy atom. The number of ketones is 1. The standard InChI is InChI=1S/C14H9ClF2O/c1-8-6-9(2-4-12(8)16)14(18)11-7-10(15)3-5-13(11)17/h2-7H,1H3. The van der Waals surface area contributed by atoms with Crippen molar-refractivity contribution in [3.05, 3.63) is 69.7 Å². The average molecular weight is 267 g/mol. The fourth-order valence-electron chi connectivity index (χ4n) is 1.61. The first kappa shape index (κ1) is 12.7. The van der Waals surface area contributed by atoms with E-state index in [9.17, 15) is 13.6 Å². The van der Waals surface area contributed by atoms with Crippen LogP contribution in [0.5, 0.6) is 0 Å². The van der Waals surface area contributed by atoms with Gasteiger partial charge in [-0.25, -0.2) is 8.78 Å². The maximum Gasteiger partial charge on any atom is 0.196 e. The van der Waals surface area contributed by atoms with Crippen LogP contribution < -0.4 is 0 Å². The molecule has 0 bridgehead atoms. The number of carbonyl (C=O) groups excluding carboxylic acids is 1. The van der Waals surface area contributed by atoms with Gasteiger partial charge in [-0.05, 0) is 48.9 Å². The van der Waals surface area contributed by atoms with Crippen LogP contribution in [-0.2, 0) is 0 Å². The van der Waals surface area contributed by atoms with Crippen molar-refractivity contribution in [1.82, 2.24) is 0 Å². The van der Waals surface area contributed by atoms with E-state index < -0.39 is 17.4 Å². The smallest absolute Gasteiger partial charge is 0.196 e. The van der Waals surface area contributed by atoms with Crippen molar-refractivity contribution in [3.63, 3.8) is 0 Å². The number of halogens is 3. The third-order valence-electron chi connectivity index (χ3n) is 2.59. The molecule has 0 radical (unpaired) electrons. The zero-order chi connectivity index (χ0) is 13.3. The summed E-state index contributed by atoms with van der Waals surface area (Å²) in [5, 5.41) is 0.276. The Balaban J connectivity index is 2.47. The number of carbonyl (C=O) groups is 1. The first-order chi connectivity index (χ1) is 8.49. The third-order valence-corrected chi connectivity index (χ3v) is 2.83. The maximum absolute atomic E-state index is 13.5. The van der Waals surface area contributed by atoms with Gasteiger partial charge in [-0.3, -0.25) is 4.79 Å². The minimum atomic E-state index is -0.647. The Hall–Kier alpha value is -1.74.